The molecule has 0 atom stereocenters. The van der Waals surface area contributed by atoms with Gasteiger partial charge in [-0.1, -0.05) is 36.4 Å². The lowest BCUT2D eigenvalue weighted by molar-refractivity contribution is 0.1000. The van der Waals surface area contributed by atoms with Crippen molar-refractivity contribution >= 4 is 5.91 Å². The number of nitrogens with two attached hydrogens (primary N) is 1. The molecular formula is C23H25N3O2. The van der Waals surface area contributed by atoms with Gasteiger partial charge in [0.05, 0.1) is 5.56 Å². The Labute approximate surface area is 165 Å². The van der Waals surface area contributed by atoms with E-state index < -0.39 is 5.91 Å². The quantitative estimate of drug-likeness (QED) is 0.585. The minimum absolute atomic E-state index is 0.358. The molecule has 5 nitrogen and oxygen atoms in total. The highest BCUT2D eigenvalue weighted by atomic mass is 16.5. The minimum Gasteiger partial charge on any atom is -0.439 e. The molecule has 28 heavy (non-hydrogen) atoms. The first kappa shape index (κ1) is 19.6. The number of hydrogen-bond acceptors (Lipinski definition) is 4. The van der Waals surface area contributed by atoms with E-state index in [9.17, 15) is 4.79 Å². The number of rotatable bonds is 8. The normalized spacial score (nSPS) is 10.6. The zero-order valence-corrected chi connectivity index (χ0v) is 16.2. The van der Waals surface area contributed by atoms with Gasteiger partial charge in [0.2, 0.25) is 11.8 Å². The van der Waals surface area contributed by atoms with Crippen molar-refractivity contribution in [2.75, 3.05) is 6.54 Å². The molecule has 3 rings (SSSR count). The summed E-state index contributed by atoms with van der Waals surface area (Å²) in [6.45, 7) is 5.88. The third kappa shape index (κ3) is 5.18. The maximum absolute atomic E-state index is 11.1. The number of ether oxygens (including phenoxy) is 1. The summed E-state index contributed by atoms with van der Waals surface area (Å²) in [6.07, 6.45) is 2.43. The van der Waals surface area contributed by atoms with Crippen molar-refractivity contribution in [1.82, 2.24) is 10.3 Å². The molecule has 0 radical (unpaired) electrons. The number of carbonyl (C=O) groups excluding carboxylic acids is 1. The van der Waals surface area contributed by atoms with Crippen LogP contribution in [0.15, 0.2) is 60.8 Å². The summed E-state index contributed by atoms with van der Waals surface area (Å²) in [5.41, 5.74) is 10.5. The lowest BCUT2D eigenvalue weighted by Crippen LogP contribution is -2.17. The molecule has 5 heteroatoms. The molecular weight excluding hydrogens is 350 g/mol. The van der Waals surface area contributed by atoms with Gasteiger partial charge in [0.15, 0.2) is 0 Å². The highest BCUT2D eigenvalue weighted by Crippen LogP contribution is 2.24. The van der Waals surface area contributed by atoms with Crippen molar-refractivity contribution in [3.05, 3.63) is 88.6 Å². The average molecular weight is 375 g/mol. The van der Waals surface area contributed by atoms with Gasteiger partial charge in [-0.05, 0) is 61.2 Å². The SMILES string of the molecule is Cc1ccccc1CCNCc1ccc(Oc2ccc(C(N)=O)cn2)c(C)c1. The number of pyridine rings is 1. The molecule has 0 saturated carbocycles. The van der Waals surface area contributed by atoms with Crippen molar-refractivity contribution in [3.8, 4) is 11.6 Å². The van der Waals surface area contributed by atoms with Crippen LogP contribution < -0.4 is 15.8 Å². The Hall–Kier alpha value is -3.18. The highest BCUT2D eigenvalue weighted by Gasteiger charge is 2.06. The van der Waals surface area contributed by atoms with Crippen LogP contribution in [0.5, 0.6) is 11.6 Å². The number of amides is 1. The third-order valence-electron chi connectivity index (χ3n) is 4.64. The Kier molecular flexibility index (Phi) is 6.40. The van der Waals surface area contributed by atoms with Gasteiger partial charge < -0.3 is 15.8 Å². The highest BCUT2D eigenvalue weighted by molar-refractivity contribution is 5.92. The fourth-order valence-corrected chi connectivity index (χ4v) is 2.98. The summed E-state index contributed by atoms with van der Waals surface area (Å²) < 4.78 is 5.81. The van der Waals surface area contributed by atoms with Gasteiger partial charge in [-0.25, -0.2) is 4.98 Å². The molecule has 0 unspecified atom stereocenters. The Morgan fingerprint density at radius 1 is 1.07 bits per heavy atom. The van der Waals surface area contributed by atoms with E-state index in [0.717, 1.165) is 30.8 Å². The largest absolute Gasteiger partial charge is 0.439 e. The number of nitrogens with one attached hydrogen (secondary N) is 1. The molecule has 0 saturated heterocycles. The van der Waals surface area contributed by atoms with Gasteiger partial charge >= 0.3 is 0 Å². The first-order valence-corrected chi connectivity index (χ1v) is 9.31. The first-order valence-electron chi connectivity index (χ1n) is 9.31. The van der Waals surface area contributed by atoms with Crippen molar-refractivity contribution in [2.24, 2.45) is 5.73 Å². The molecule has 0 aliphatic rings. The van der Waals surface area contributed by atoms with Gasteiger partial charge in [-0.15, -0.1) is 0 Å². The smallest absolute Gasteiger partial charge is 0.250 e. The van der Waals surface area contributed by atoms with Gasteiger partial charge in [-0.3, -0.25) is 4.79 Å². The zero-order chi connectivity index (χ0) is 19.9. The second-order valence-electron chi connectivity index (χ2n) is 6.80. The number of primary amides is 1. The number of carbonyl (C=O) groups is 1. The van der Waals surface area contributed by atoms with Crippen molar-refractivity contribution < 1.29 is 9.53 Å². The van der Waals surface area contributed by atoms with E-state index in [0.29, 0.717) is 11.4 Å². The van der Waals surface area contributed by atoms with E-state index in [-0.39, 0.29) is 0 Å². The van der Waals surface area contributed by atoms with Gasteiger partial charge in [0, 0.05) is 18.8 Å². The van der Waals surface area contributed by atoms with Crippen LogP contribution in [0.2, 0.25) is 0 Å². The Bertz CT molecular complexity index is 952. The number of nitrogens with zero attached hydrogens (tertiary/aromatic N) is 1. The summed E-state index contributed by atoms with van der Waals surface area (Å²) in [6, 6.07) is 17.8. The molecule has 0 spiro atoms. The lowest BCUT2D eigenvalue weighted by Gasteiger charge is -2.11. The molecule has 2 aromatic carbocycles. The summed E-state index contributed by atoms with van der Waals surface area (Å²) in [4.78, 5) is 15.2. The fraction of sp³-hybridized carbons (Fsp3) is 0.217. The molecule has 0 bridgehead atoms. The van der Waals surface area contributed by atoms with Crippen molar-refractivity contribution in [3.63, 3.8) is 0 Å². The number of hydrogen-bond donors (Lipinski definition) is 2. The Balaban J connectivity index is 1.53. The topological polar surface area (TPSA) is 77.2 Å². The molecule has 144 valence electrons. The van der Waals surface area contributed by atoms with E-state index in [2.05, 4.69) is 47.6 Å². The van der Waals surface area contributed by atoms with E-state index in [1.54, 1.807) is 12.1 Å². The maximum atomic E-state index is 11.1. The minimum atomic E-state index is -0.505. The summed E-state index contributed by atoms with van der Waals surface area (Å²) in [5, 5.41) is 3.49. The number of benzene rings is 2. The van der Waals surface area contributed by atoms with Crippen LogP contribution in [-0.2, 0) is 13.0 Å². The van der Waals surface area contributed by atoms with E-state index in [4.69, 9.17) is 10.5 Å². The monoisotopic (exact) mass is 375 g/mol. The van der Waals surface area contributed by atoms with E-state index >= 15 is 0 Å². The van der Waals surface area contributed by atoms with Crippen LogP contribution in [0.25, 0.3) is 0 Å². The predicted octanol–water partition coefficient (Wildman–Crippen LogP) is 3.92. The average Bonchev–Trinajstić information content (AvgIpc) is 2.69. The van der Waals surface area contributed by atoms with Crippen LogP contribution in [0, 0.1) is 13.8 Å². The van der Waals surface area contributed by atoms with E-state index in [1.165, 1.54) is 22.9 Å². The molecule has 0 fully saturated rings. The Morgan fingerprint density at radius 3 is 2.57 bits per heavy atom. The van der Waals surface area contributed by atoms with Crippen LogP contribution >= 0.6 is 0 Å². The molecule has 3 N–H and O–H groups in total. The predicted molar refractivity (Wildman–Crippen MR) is 111 cm³/mol. The zero-order valence-electron chi connectivity index (χ0n) is 16.2. The molecule has 1 amide bonds. The van der Waals surface area contributed by atoms with Crippen LogP contribution in [-0.4, -0.2) is 17.4 Å². The van der Waals surface area contributed by atoms with Crippen LogP contribution in [0.4, 0.5) is 0 Å². The van der Waals surface area contributed by atoms with E-state index in [1.807, 2.05) is 19.1 Å². The van der Waals surface area contributed by atoms with Gasteiger partial charge in [-0.2, -0.15) is 0 Å². The second-order valence-corrected chi connectivity index (χ2v) is 6.80. The van der Waals surface area contributed by atoms with Crippen molar-refractivity contribution in [1.29, 1.82) is 0 Å². The standard InChI is InChI=1S/C23H25N3O2/c1-16-5-3-4-6-19(16)11-12-25-14-18-7-9-21(17(2)13-18)28-22-10-8-20(15-26-22)23(24)27/h3-10,13,15,25H,11-12,14H2,1-2H3,(H2,24,27). The third-order valence-corrected chi connectivity index (χ3v) is 4.64. The lowest BCUT2D eigenvalue weighted by atomic mass is 10.1. The summed E-state index contributed by atoms with van der Waals surface area (Å²) in [5.74, 6) is 0.662. The van der Waals surface area contributed by atoms with Gasteiger partial charge in [0.25, 0.3) is 0 Å². The van der Waals surface area contributed by atoms with Crippen molar-refractivity contribution in [2.45, 2.75) is 26.8 Å². The number of aryl methyl sites for hydroxylation is 2. The number of aromatic nitrogens is 1. The van der Waals surface area contributed by atoms with Crippen LogP contribution in [0.1, 0.15) is 32.6 Å². The fourth-order valence-electron chi connectivity index (χ4n) is 2.98. The molecule has 1 aromatic heterocycles. The Morgan fingerprint density at radius 2 is 1.89 bits per heavy atom. The summed E-state index contributed by atoms with van der Waals surface area (Å²) in [7, 11) is 0. The molecule has 3 aromatic rings. The summed E-state index contributed by atoms with van der Waals surface area (Å²) >= 11 is 0. The van der Waals surface area contributed by atoms with Crippen LogP contribution in [0.3, 0.4) is 0 Å². The molecule has 0 aliphatic carbocycles. The van der Waals surface area contributed by atoms with Gasteiger partial charge in [0.1, 0.15) is 5.75 Å². The molecule has 0 aliphatic heterocycles. The molecule has 1 heterocycles. The first-order chi connectivity index (χ1) is 13.5. The second kappa shape index (κ2) is 9.15. The maximum Gasteiger partial charge on any atom is 0.250 e.